The summed E-state index contributed by atoms with van der Waals surface area (Å²) < 4.78 is 5.25. The molecular weight excluding hydrogens is 226 g/mol. The molecule has 1 heterocycles. The Labute approximate surface area is 105 Å². The molecule has 0 radical (unpaired) electrons. The zero-order chi connectivity index (χ0) is 12.6. The Balaban J connectivity index is 2.11. The fourth-order valence-corrected chi connectivity index (χ4v) is 2.79. The molecule has 0 bridgehead atoms. The van der Waals surface area contributed by atoms with Crippen molar-refractivity contribution in [3.8, 4) is 6.07 Å². The van der Waals surface area contributed by atoms with Crippen LogP contribution in [0.2, 0.25) is 0 Å². The van der Waals surface area contributed by atoms with E-state index in [2.05, 4.69) is 6.07 Å². The second-order valence-electron chi connectivity index (χ2n) is 4.66. The summed E-state index contributed by atoms with van der Waals surface area (Å²) in [7, 11) is 0. The van der Waals surface area contributed by atoms with Crippen LogP contribution in [0.5, 0.6) is 0 Å². The molecule has 90 valence electrons. The zero-order valence-electron chi connectivity index (χ0n) is 9.84. The van der Waals surface area contributed by atoms with Crippen molar-refractivity contribution in [2.45, 2.75) is 24.4 Å². The standard InChI is InChI=1S/C15H13NO2/c16-10-15(14(17)13-6-3-9-18-13)8-7-11-4-1-2-5-12(11)15/h1-6,9,14,17H,7-8H2. The topological polar surface area (TPSA) is 57.2 Å². The van der Waals surface area contributed by atoms with Gasteiger partial charge < -0.3 is 9.52 Å². The largest absolute Gasteiger partial charge is 0.467 e. The van der Waals surface area contributed by atoms with Gasteiger partial charge in [-0.25, -0.2) is 0 Å². The smallest absolute Gasteiger partial charge is 0.134 e. The Morgan fingerprint density at radius 3 is 2.83 bits per heavy atom. The van der Waals surface area contributed by atoms with E-state index in [1.807, 2.05) is 24.3 Å². The third kappa shape index (κ3) is 1.40. The second kappa shape index (κ2) is 4.01. The van der Waals surface area contributed by atoms with Crippen molar-refractivity contribution in [1.29, 1.82) is 5.26 Å². The van der Waals surface area contributed by atoms with Crippen molar-refractivity contribution >= 4 is 0 Å². The van der Waals surface area contributed by atoms with Crippen LogP contribution in [0.25, 0.3) is 0 Å². The molecule has 1 aromatic heterocycles. The van der Waals surface area contributed by atoms with Crippen LogP contribution in [0.15, 0.2) is 47.1 Å². The minimum atomic E-state index is -0.916. The molecule has 1 N–H and O–H groups in total. The maximum atomic E-state index is 10.5. The van der Waals surface area contributed by atoms with Crippen molar-refractivity contribution in [3.05, 3.63) is 59.5 Å². The highest BCUT2D eigenvalue weighted by Gasteiger charge is 2.46. The molecule has 2 unspecified atom stereocenters. The Morgan fingerprint density at radius 1 is 1.28 bits per heavy atom. The lowest BCUT2D eigenvalue weighted by molar-refractivity contribution is 0.0880. The number of furan rings is 1. The fraction of sp³-hybridized carbons (Fsp3) is 0.267. The first-order valence-electron chi connectivity index (χ1n) is 5.99. The van der Waals surface area contributed by atoms with Gasteiger partial charge in [-0.15, -0.1) is 0 Å². The number of nitriles is 1. The van der Waals surface area contributed by atoms with Crippen LogP contribution < -0.4 is 0 Å². The van der Waals surface area contributed by atoms with E-state index in [4.69, 9.17) is 4.42 Å². The van der Waals surface area contributed by atoms with E-state index in [1.165, 1.54) is 6.26 Å². The molecule has 1 aromatic carbocycles. The minimum absolute atomic E-state index is 0.452. The van der Waals surface area contributed by atoms with Crippen LogP contribution in [-0.4, -0.2) is 5.11 Å². The van der Waals surface area contributed by atoms with Gasteiger partial charge in [0.2, 0.25) is 0 Å². The van der Waals surface area contributed by atoms with Crippen molar-refractivity contribution in [3.63, 3.8) is 0 Å². The van der Waals surface area contributed by atoms with Crippen LogP contribution in [0.4, 0.5) is 0 Å². The van der Waals surface area contributed by atoms with Gasteiger partial charge >= 0.3 is 0 Å². The Kier molecular flexibility index (Phi) is 2.46. The highest BCUT2D eigenvalue weighted by Crippen LogP contribution is 2.46. The highest BCUT2D eigenvalue weighted by atomic mass is 16.4. The van der Waals surface area contributed by atoms with E-state index in [1.54, 1.807) is 12.1 Å². The fourth-order valence-electron chi connectivity index (χ4n) is 2.79. The Bertz CT molecular complexity index is 597. The molecule has 1 aliphatic carbocycles. The summed E-state index contributed by atoms with van der Waals surface area (Å²) in [5.41, 5.74) is 1.19. The molecule has 3 nitrogen and oxygen atoms in total. The van der Waals surface area contributed by atoms with Gasteiger partial charge in [-0.2, -0.15) is 5.26 Å². The van der Waals surface area contributed by atoms with Crippen molar-refractivity contribution in [2.24, 2.45) is 0 Å². The third-order valence-electron chi connectivity index (χ3n) is 3.77. The van der Waals surface area contributed by atoms with E-state index in [9.17, 15) is 10.4 Å². The van der Waals surface area contributed by atoms with Crippen LogP contribution in [-0.2, 0) is 11.8 Å². The number of fused-ring (bicyclic) bond motifs is 1. The summed E-state index contributed by atoms with van der Waals surface area (Å²) in [4.78, 5) is 0. The quantitative estimate of drug-likeness (QED) is 0.876. The lowest BCUT2D eigenvalue weighted by atomic mass is 9.77. The summed E-state index contributed by atoms with van der Waals surface area (Å²) in [6, 6.07) is 13.6. The predicted molar refractivity (Wildman–Crippen MR) is 65.7 cm³/mol. The first kappa shape index (κ1) is 11.1. The van der Waals surface area contributed by atoms with Gasteiger partial charge in [-0.05, 0) is 36.1 Å². The molecule has 0 fully saturated rings. The predicted octanol–water partition coefficient (Wildman–Crippen LogP) is 2.72. The van der Waals surface area contributed by atoms with E-state index >= 15 is 0 Å². The van der Waals surface area contributed by atoms with Gasteiger partial charge in [-0.1, -0.05) is 24.3 Å². The molecule has 1 aliphatic rings. The number of aliphatic hydroxyl groups is 1. The summed E-state index contributed by atoms with van der Waals surface area (Å²) >= 11 is 0. The Hall–Kier alpha value is -2.05. The van der Waals surface area contributed by atoms with E-state index in [-0.39, 0.29) is 0 Å². The molecule has 2 aromatic rings. The number of rotatable bonds is 2. The molecule has 0 spiro atoms. The van der Waals surface area contributed by atoms with Gasteiger partial charge in [0.1, 0.15) is 17.3 Å². The van der Waals surface area contributed by atoms with Gasteiger partial charge in [0.05, 0.1) is 12.3 Å². The summed E-state index contributed by atoms with van der Waals surface area (Å²) in [5, 5.41) is 20.1. The van der Waals surface area contributed by atoms with Crippen LogP contribution >= 0.6 is 0 Å². The minimum Gasteiger partial charge on any atom is -0.467 e. The first-order valence-corrected chi connectivity index (χ1v) is 5.99. The molecule has 2 atom stereocenters. The average molecular weight is 239 g/mol. The van der Waals surface area contributed by atoms with Crippen LogP contribution in [0, 0.1) is 11.3 Å². The molecular formula is C15H13NO2. The first-order chi connectivity index (χ1) is 8.78. The van der Waals surface area contributed by atoms with Crippen molar-refractivity contribution in [2.75, 3.05) is 0 Å². The SMILES string of the molecule is N#CC1(C(O)c2ccco2)CCc2ccccc21. The summed E-state index contributed by atoms with van der Waals surface area (Å²) in [6.45, 7) is 0. The lowest BCUT2D eigenvalue weighted by Crippen LogP contribution is -2.29. The molecule has 0 amide bonds. The highest BCUT2D eigenvalue weighted by molar-refractivity contribution is 5.46. The molecule has 3 rings (SSSR count). The number of aryl methyl sites for hydroxylation is 1. The average Bonchev–Trinajstić information content (AvgIpc) is 3.06. The van der Waals surface area contributed by atoms with Crippen molar-refractivity contribution in [1.82, 2.24) is 0 Å². The number of hydrogen-bond acceptors (Lipinski definition) is 3. The Morgan fingerprint density at radius 2 is 2.11 bits per heavy atom. The number of nitrogens with zero attached hydrogens (tertiary/aromatic N) is 1. The lowest BCUT2D eigenvalue weighted by Gasteiger charge is -2.26. The van der Waals surface area contributed by atoms with Gasteiger partial charge in [0, 0.05) is 0 Å². The molecule has 0 saturated heterocycles. The van der Waals surface area contributed by atoms with E-state index in [0.717, 1.165) is 17.5 Å². The molecule has 3 heteroatoms. The molecule has 0 saturated carbocycles. The number of benzene rings is 1. The normalized spacial score (nSPS) is 23.3. The van der Waals surface area contributed by atoms with Crippen LogP contribution in [0.1, 0.15) is 29.4 Å². The summed E-state index contributed by atoms with van der Waals surface area (Å²) in [5.74, 6) is 0.452. The third-order valence-corrected chi connectivity index (χ3v) is 3.77. The summed E-state index contributed by atoms with van der Waals surface area (Å²) in [6.07, 6.45) is 2.05. The maximum absolute atomic E-state index is 10.5. The molecule has 18 heavy (non-hydrogen) atoms. The number of aliphatic hydroxyl groups excluding tert-OH is 1. The maximum Gasteiger partial charge on any atom is 0.134 e. The van der Waals surface area contributed by atoms with E-state index in [0.29, 0.717) is 12.2 Å². The second-order valence-corrected chi connectivity index (χ2v) is 4.66. The van der Waals surface area contributed by atoms with Gasteiger partial charge in [-0.3, -0.25) is 0 Å². The number of hydrogen-bond donors (Lipinski definition) is 1. The van der Waals surface area contributed by atoms with Crippen LogP contribution in [0.3, 0.4) is 0 Å². The zero-order valence-corrected chi connectivity index (χ0v) is 9.84. The van der Waals surface area contributed by atoms with Gasteiger partial charge in [0.25, 0.3) is 0 Å². The monoisotopic (exact) mass is 239 g/mol. The molecule has 0 aliphatic heterocycles. The van der Waals surface area contributed by atoms with E-state index < -0.39 is 11.5 Å². The van der Waals surface area contributed by atoms with Crippen molar-refractivity contribution < 1.29 is 9.52 Å². The van der Waals surface area contributed by atoms with Gasteiger partial charge in [0.15, 0.2) is 0 Å².